The van der Waals surface area contributed by atoms with Crippen molar-refractivity contribution in [3.05, 3.63) is 24.3 Å². The Bertz CT molecular complexity index is 551. The number of aromatic nitrogens is 2. The summed E-state index contributed by atoms with van der Waals surface area (Å²) in [5.74, 6) is 0.278. The predicted octanol–water partition coefficient (Wildman–Crippen LogP) is 2.33. The van der Waals surface area contributed by atoms with Gasteiger partial charge in [0.15, 0.2) is 0 Å². The van der Waals surface area contributed by atoms with Gasteiger partial charge in [-0.25, -0.2) is 0 Å². The summed E-state index contributed by atoms with van der Waals surface area (Å²) in [6.07, 6.45) is 14.5. The van der Waals surface area contributed by atoms with Crippen LogP contribution in [0.5, 0.6) is 0 Å². The van der Waals surface area contributed by atoms with Gasteiger partial charge in [0.25, 0.3) is 0 Å². The molecule has 3 aliphatic rings. The molecule has 2 aliphatic heterocycles. The molecule has 1 aromatic rings. The molecule has 0 aromatic carbocycles. The molecule has 3 heterocycles. The molecule has 1 aromatic heterocycles. The van der Waals surface area contributed by atoms with Gasteiger partial charge in [0, 0.05) is 31.5 Å². The number of likely N-dealkylation sites (tertiary alicyclic amines) is 2. The summed E-state index contributed by atoms with van der Waals surface area (Å²) in [5.41, 5.74) is 0.300. The summed E-state index contributed by atoms with van der Waals surface area (Å²) in [6.45, 7) is 2.82. The molecule has 1 saturated carbocycles. The first kappa shape index (κ1) is 15.1. The van der Waals surface area contributed by atoms with Gasteiger partial charge in [-0.15, -0.1) is 0 Å². The number of amides is 1. The molecule has 0 radical (unpaired) electrons. The molecule has 0 unspecified atom stereocenters. The van der Waals surface area contributed by atoms with E-state index in [0.717, 1.165) is 51.0 Å². The van der Waals surface area contributed by atoms with Crippen LogP contribution in [0, 0.1) is 0 Å². The average molecular weight is 314 g/mol. The molecule has 0 bridgehead atoms. The van der Waals surface area contributed by atoms with Crippen molar-refractivity contribution in [1.82, 2.24) is 19.8 Å². The Labute approximate surface area is 138 Å². The van der Waals surface area contributed by atoms with Gasteiger partial charge in [0.1, 0.15) is 5.54 Å². The van der Waals surface area contributed by atoms with Gasteiger partial charge in [-0.2, -0.15) is 0 Å². The van der Waals surface area contributed by atoms with E-state index >= 15 is 0 Å². The Hall–Kier alpha value is -1.49. The van der Waals surface area contributed by atoms with Crippen LogP contribution >= 0.6 is 0 Å². The van der Waals surface area contributed by atoms with Crippen LogP contribution in [-0.4, -0.2) is 51.4 Å². The standard InChI is InChI=1S/C18H26N4O/c23-17(21-11-3-4-12-21)18(16-14-19-9-10-20-16)8-5-13-22(18)15-6-1-2-7-15/h9-10,14-15H,1-8,11-13H2/t18-/m0/s1. The predicted molar refractivity (Wildman–Crippen MR) is 87.7 cm³/mol. The maximum Gasteiger partial charge on any atom is 0.249 e. The first-order valence-electron chi connectivity index (χ1n) is 9.15. The number of hydrogen-bond acceptors (Lipinski definition) is 4. The Kier molecular flexibility index (Phi) is 4.05. The normalized spacial score (nSPS) is 29.5. The van der Waals surface area contributed by atoms with Crippen LogP contribution in [0.2, 0.25) is 0 Å². The molecular formula is C18H26N4O. The zero-order chi connectivity index (χ0) is 15.7. The zero-order valence-corrected chi connectivity index (χ0v) is 13.8. The molecule has 1 atom stereocenters. The number of carbonyl (C=O) groups is 1. The third-order valence-corrected chi connectivity index (χ3v) is 5.93. The maximum atomic E-state index is 13.6. The van der Waals surface area contributed by atoms with E-state index in [-0.39, 0.29) is 5.91 Å². The SMILES string of the molecule is O=C(N1CCCC1)[C@@]1(c2cnccn2)CCCN1C1CCCC1. The molecule has 124 valence electrons. The minimum absolute atomic E-state index is 0.278. The Morgan fingerprint density at radius 2 is 1.83 bits per heavy atom. The Morgan fingerprint density at radius 1 is 1.04 bits per heavy atom. The monoisotopic (exact) mass is 314 g/mol. The van der Waals surface area contributed by atoms with Crippen LogP contribution in [-0.2, 0) is 10.3 Å². The second-order valence-corrected chi connectivity index (χ2v) is 7.19. The molecule has 5 nitrogen and oxygen atoms in total. The highest BCUT2D eigenvalue weighted by atomic mass is 16.2. The quantitative estimate of drug-likeness (QED) is 0.859. The lowest BCUT2D eigenvalue weighted by molar-refractivity contribution is -0.144. The van der Waals surface area contributed by atoms with Crippen molar-refractivity contribution >= 4 is 5.91 Å². The number of hydrogen-bond donors (Lipinski definition) is 0. The average Bonchev–Trinajstić information content (AvgIpc) is 3.35. The summed E-state index contributed by atoms with van der Waals surface area (Å²) >= 11 is 0. The minimum atomic E-state index is -0.562. The van der Waals surface area contributed by atoms with Gasteiger partial charge in [-0.1, -0.05) is 12.8 Å². The fraction of sp³-hybridized carbons (Fsp3) is 0.722. The van der Waals surface area contributed by atoms with Gasteiger partial charge >= 0.3 is 0 Å². The van der Waals surface area contributed by atoms with E-state index in [1.54, 1.807) is 12.4 Å². The van der Waals surface area contributed by atoms with E-state index < -0.39 is 5.54 Å². The molecule has 2 saturated heterocycles. The van der Waals surface area contributed by atoms with Crippen molar-refractivity contribution in [3.8, 4) is 0 Å². The van der Waals surface area contributed by atoms with Gasteiger partial charge in [0.2, 0.25) is 5.91 Å². The first-order chi connectivity index (χ1) is 11.3. The Morgan fingerprint density at radius 3 is 2.52 bits per heavy atom. The fourth-order valence-electron chi connectivity index (χ4n) is 4.86. The molecule has 1 amide bonds. The number of rotatable bonds is 3. The Balaban J connectivity index is 1.75. The summed E-state index contributed by atoms with van der Waals surface area (Å²) in [4.78, 5) is 27.0. The fourth-order valence-corrected chi connectivity index (χ4v) is 4.86. The van der Waals surface area contributed by atoms with Crippen LogP contribution in [0.15, 0.2) is 18.6 Å². The lowest BCUT2D eigenvalue weighted by Gasteiger charge is -2.42. The van der Waals surface area contributed by atoms with E-state index in [2.05, 4.69) is 19.8 Å². The van der Waals surface area contributed by atoms with E-state index in [1.165, 1.54) is 25.7 Å². The summed E-state index contributed by atoms with van der Waals surface area (Å²) in [7, 11) is 0. The second-order valence-electron chi connectivity index (χ2n) is 7.19. The second kappa shape index (κ2) is 6.19. The van der Waals surface area contributed by atoms with E-state index in [9.17, 15) is 4.79 Å². The largest absolute Gasteiger partial charge is 0.341 e. The van der Waals surface area contributed by atoms with Gasteiger partial charge in [-0.3, -0.25) is 19.7 Å². The van der Waals surface area contributed by atoms with Crippen molar-refractivity contribution in [2.24, 2.45) is 0 Å². The molecule has 1 aliphatic carbocycles. The van der Waals surface area contributed by atoms with Crippen molar-refractivity contribution in [2.75, 3.05) is 19.6 Å². The third-order valence-electron chi connectivity index (χ3n) is 5.93. The minimum Gasteiger partial charge on any atom is -0.341 e. The van der Waals surface area contributed by atoms with Crippen LogP contribution in [0.1, 0.15) is 57.1 Å². The van der Waals surface area contributed by atoms with Crippen LogP contribution in [0.4, 0.5) is 0 Å². The third kappa shape index (κ3) is 2.45. The molecular weight excluding hydrogens is 288 g/mol. The van der Waals surface area contributed by atoms with Crippen molar-refractivity contribution in [1.29, 1.82) is 0 Å². The molecule has 0 N–H and O–H groups in total. The lowest BCUT2D eigenvalue weighted by Crippen LogP contribution is -2.56. The summed E-state index contributed by atoms with van der Waals surface area (Å²) in [5, 5.41) is 0. The molecule has 4 rings (SSSR count). The lowest BCUT2D eigenvalue weighted by atomic mass is 9.88. The summed E-state index contributed by atoms with van der Waals surface area (Å²) in [6, 6.07) is 0.533. The van der Waals surface area contributed by atoms with Crippen molar-refractivity contribution < 1.29 is 4.79 Å². The highest BCUT2D eigenvalue weighted by molar-refractivity contribution is 5.88. The molecule has 3 fully saturated rings. The smallest absolute Gasteiger partial charge is 0.249 e. The maximum absolute atomic E-state index is 13.6. The van der Waals surface area contributed by atoms with Gasteiger partial charge in [-0.05, 0) is 45.1 Å². The van der Waals surface area contributed by atoms with Gasteiger partial charge < -0.3 is 4.90 Å². The first-order valence-corrected chi connectivity index (χ1v) is 9.15. The highest BCUT2D eigenvalue weighted by Gasteiger charge is 2.54. The highest BCUT2D eigenvalue weighted by Crippen LogP contribution is 2.44. The number of carbonyl (C=O) groups excluding carboxylic acids is 1. The van der Waals surface area contributed by atoms with Crippen LogP contribution in [0.25, 0.3) is 0 Å². The summed E-state index contributed by atoms with van der Waals surface area (Å²) < 4.78 is 0. The number of nitrogens with zero attached hydrogens (tertiary/aromatic N) is 4. The molecule has 0 spiro atoms. The van der Waals surface area contributed by atoms with Crippen LogP contribution in [0.3, 0.4) is 0 Å². The van der Waals surface area contributed by atoms with E-state index in [1.807, 2.05) is 6.20 Å². The van der Waals surface area contributed by atoms with E-state index in [0.29, 0.717) is 6.04 Å². The van der Waals surface area contributed by atoms with Crippen molar-refractivity contribution in [3.63, 3.8) is 0 Å². The molecule has 23 heavy (non-hydrogen) atoms. The van der Waals surface area contributed by atoms with Crippen LogP contribution < -0.4 is 0 Å². The zero-order valence-electron chi connectivity index (χ0n) is 13.8. The van der Waals surface area contributed by atoms with E-state index in [4.69, 9.17) is 0 Å². The molecule has 5 heteroatoms. The van der Waals surface area contributed by atoms with Gasteiger partial charge in [0.05, 0.1) is 11.9 Å². The van der Waals surface area contributed by atoms with Crippen molar-refractivity contribution in [2.45, 2.75) is 62.9 Å². The topological polar surface area (TPSA) is 49.3 Å².